The molecule has 1 unspecified atom stereocenters. The first-order valence-corrected chi connectivity index (χ1v) is 8.87. The zero-order valence-electron chi connectivity index (χ0n) is 12.6. The molecule has 0 saturated carbocycles. The van der Waals surface area contributed by atoms with Gasteiger partial charge in [0, 0.05) is 24.1 Å². The molecule has 2 aliphatic heterocycles. The number of hydrogen-bond donors (Lipinski definition) is 1. The van der Waals surface area contributed by atoms with Crippen LogP contribution in [0.5, 0.6) is 5.75 Å². The van der Waals surface area contributed by atoms with E-state index in [0.29, 0.717) is 5.41 Å². The van der Waals surface area contributed by atoms with Crippen molar-refractivity contribution in [1.82, 2.24) is 10.2 Å². The van der Waals surface area contributed by atoms with E-state index in [-0.39, 0.29) is 0 Å². The molecule has 0 bridgehead atoms. The van der Waals surface area contributed by atoms with Crippen LogP contribution in [0, 0.1) is 5.41 Å². The number of likely N-dealkylation sites (tertiary alicyclic amines) is 1. The van der Waals surface area contributed by atoms with Crippen molar-refractivity contribution in [2.45, 2.75) is 25.7 Å². The summed E-state index contributed by atoms with van der Waals surface area (Å²) < 4.78 is 6.95. The predicted molar refractivity (Wildman–Crippen MR) is 89.8 cm³/mol. The van der Waals surface area contributed by atoms with Crippen molar-refractivity contribution in [3.63, 3.8) is 0 Å². The number of piperidine rings is 2. The first-order valence-electron chi connectivity index (χ1n) is 8.07. The summed E-state index contributed by atoms with van der Waals surface area (Å²) in [6.45, 7) is 6.68. The fourth-order valence-corrected chi connectivity index (χ4v) is 4.11. The van der Waals surface area contributed by atoms with Crippen molar-refractivity contribution in [1.29, 1.82) is 0 Å². The summed E-state index contributed by atoms with van der Waals surface area (Å²) in [7, 11) is 0. The normalized spacial score (nSPS) is 26.9. The predicted octanol–water partition coefficient (Wildman–Crippen LogP) is 3.29. The van der Waals surface area contributed by atoms with Crippen LogP contribution >= 0.6 is 15.9 Å². The van der Waals surface area contributed by atoms with Crippen LogP contribution in [0.1, 0.15) is 25.7 Å². The highest BCUT2D eigenvalue weighted by molar-refractivity contribution is 9.10. The van der Waals surface area contributed by atoms with Gasteiger partial charge in [-0.15, -0.1) is 0 Å². The van der Waals surface area contributed by atoms with Crippen LogP contribution < -0.4 is 10.1 Å². The lowest BCUT2D eigenvalue weighted by Gasteiger charge is -2.45. The summed E-state index contributed by atoms with van der Waals surface area (Å²) in [5.74, 6) is 0.954. The number of ether oxygens (including phenoxy) is 1. The van der Waals surface area contributed by atoms with Gasteiger partial charge in [-0.2, -0.15) is 0 Å². The molecule has 0 radical (unpaired) electrons. The molecule has 0 aliphatic carbocycles. The Morgan fingerprint density at radius 3 is 3.00 bits per heavy atom. The Morgan fingerprint density at radius 2 is 2.19 bits per heavy atom. The average Bonchev–Trinajstić information content (AvgIpc) is 2.48. The third kappa shape index (κ3) is 4.21. The summed E-state index contributed by atoms with van der Waals surface area (Å²) in [6.07, 6.45) is 5.45. The van der Waals surface area contributed by atoms with Gasteiger partial charge in [0.25, 0.3) is 0 Å². The smallest absolute Gasteiger partial charge is 0.120 e. The van der Waals surface area contributed by atoms with Gasteiger partial charge in [-0.3, -0.25) is 4.90 Å². The lowest BCUT2D eigenvalue weighted by molar-refractivity contribution is 0.0563. The molecule has 3 nitrogen and oxygen atoms in total. The SMILES string of the molecule is Brc1cccc(OCCN2CCCC3(CCCNC3)C2)c1. The summed E-state index contributed by atoms with van der Waals surface area (Å²) in [6, 6.07) is 8.09. The Labute approximate surface area is 136 Å². The lowest BCUT2D eigenvalue weighted by atomic mass is 9.74. The first-order chi connectivity index (χ1) is 10.3. The van der Waals surface area contributed by atoms with Gasteiger partial charge < -0.3 is 10.1 Å². The molecule has 2 aliphatic rings. The average molecular weight is 353 g/mol. The van der Waals surface area contributed by atoms with E-state index < -0.39 is 0 Å². The van der Waals surface area contributed by atoms with E-state index >= 15 is 0 Å². The maximum absolute atomic E-state index is 5.88. The number of nitrogens with one attached hydrogen (secondary N) is 1. The quantitative estimate of drug-likeness (QED) is 0.899. The summed E-state index contributed by atoms with van der Waals surface area (Å²) in [5.41, 5.74) is 0.534. The van der Waals surface area contributed by atoms with Crippen LogP contribution in [0.25, 0.3) is 0 Å². The highest BCUT2D eigenvalue weighted by atomic mass is 79.9. The zero-order valence-corrected chi connectivity index (χ0v) is 14.2. The molecule has 116 valence electrons. The second-order valence-corrected chi connectivity index (χ2v) is 7.38. The van der Waals surface area contributed by atoms with Gasteiger partial charge in [0.05, 0.1) is 0 Å². The van der Waals surface area contributed by atoms with Crippen LogP contribution in [0.3, 0.4) is 0 Å². The molecule has 0 amide bonds. The Hall–Kier alpha value is -0.580. The van der Waals surface area contributed by atoms with E-state index in [1.165, 1.54) is 51.9 Å². The van der Waals surface area contributed by atoms with Crippen LogP contribution in [0.15, 0.2) is 28.7 Å². The number of halogens is 1. The molecule has 1 aromatic rings. The minimum atomic E-state index is 0.534. The van der Waals surface area contributed by atoms with Gasteiger partial charge in [0.15, 0.2) is 0 Å². The minimum Gasteiger partial charge on any atom is -0.492 e. The van der Waals surface area contributed by atoms with Gasteiger partial charge in [0.2, 0.25) is 0 Å². The van der Waals surface area contributed by atoms with E-state index in [9.17, 15) is 0 Å². The van der Waals surface area contributed by atoms with Crippen LogP contribution in [0.2, 0.25) is 0 Å². The molecule has 2 heterocycles. The summed E-state index contributed by atoms with van der Waals surface area (Å²) in [5, 5.41) is 3.59. The Kier molecular flexibility index (Phi) is 5.19. The molecule has 1 aromatic carbocycles. The fourth-order valence-electron chi connectivity index (χ4n) is 3.73. The molecule has 4 heteroatoms. The molecule has 2 fully saturated rings. The maximum atomic E-state index is 5.88. The van der Waals surface area contributed by atoms with E-state index in [4.69, 9.17) is 4.74 Å². The summed E-state index contributed by atoms with van der Waals surface area (Å²) in [4.78, 5) is 2.59. The zero-order chi connectivity index (χ0) is 14.5. The number of hydrogen-bond acceptors (Lipinski definition) is 3. The van der Waals surface area contributed by atoms with Crippen molar-refractivity contribution >= 4 is 15.9 Å². The van der Waals surface area contributed by atoms with E-state index in [1.807, 2.05) is 24.3 Å². The third-order valence-electron chi connectivity index (χ3n) is 4.77. The molecule has 1 atom stereocenters. The molecule has 21 heavy (non-hydrogen) atoms. The van der Waals surface area contributed by atoms with Gasteiger partial charge in [-0.05, 0) is 62.4 Å². The van der Waals surface area contributed by atoms with Crippen LogP contribution in [0.4, 0.5) is 0 Å². The summed E-state index contributed by atoms with van der Waals surface area (Å²) >= 11 is 3.48. The molecule has 1 N–H and O–H groups in total. The van der Waals surface area contributed by atoms with Gasteiger partial charge in [-0.25, -0.2) is 0 Å². The molecular weight excluding hydrogens is 328 g/mol. The second-order valence-electron chi connectivity index (χ2n) is 6.47. The van der Waals surface area contributed by atoms with Crippen molar-refractivity contribution in [2.24, 2.45) is 5.41 Å². The molecule has 0 aromatic heterocycles. The van der Waals surface area contributed by atoms with Gasteiger partial charge in [-0.1, -0.05) is 22.0 Å². The van der Waals surface area contributed by atoms with Gasteiger partial charge in [0.1, 0.15) is 12.4 Å². The number of benzene rings is 1. The van der Waals surface area contributed by atoms with E-state index in [2.05, 4.69) is 26.1 Å². The molecule has 2 saturated heterocycles. The largest absolute Gasteiger partial charge is 0.492 e. The second kappa shape index (κ2) is 7.12. The van der Waals surface area contributed by atoms with E-state index in [1.54, 1.807) is 0 Å². The fraction of sp³-hybridized carbons (Fsp3) is 0.647. The Balaban J connectivity index is 1.46. The van der Waals surface area contributed by atoms with Crippen molar-refractivity contribution < 1.29 is 4.74 Å². The topological polar surface area (TPSA) is 24.5 Å². The first kappa shape index (κ1) is 15.3. The highest BCUT2D eigenvalue weighted by Gasteiger charge is 2.36. The molecular formula is C17H25BrN2O. The minimum absolute atomic E-state index is 0.534. The highest BCUT2D eigenvalue weighted by Crippen LogP contribution is 2.35. The van der Waals surface area contributed by atoms with E-state index in [0.717, 1.165) is 23.4 Å². The number of rotatable bonds is 4. The van der Waals surface area contributed by atoms with Crippen molar-refractivity contribution in [3.8, 4) is 5.75 Å². The monoisotopic (exact) mass is 352 g/mol. The van der Waals surface area contributed by atoms with Crippen LogP contribution in [-0.2, 0) is 0 Å². The standard InChI is InChI=1S/C17H25BrN2O/c18-15-4-1-5-16(12-15)21-11-10-20-9-3-7-17(14-20)6-2-8-19-13-17/h1,4-5,12,19H,2-3,6-11,13-14H2. The molecule has 3 rings (SSSR count). The third-order valence-corrected chi connectivity index (χ3v) is 5.27. The van der Waals surface area contributed by atoms with Gasteiger partial charge >= 0.3 is 0 Å². The van der Waals surface area contributed by atoms with Crippen molar-refractivity contribution in [2.75, 3.05) is 39.3 Å². The molecule has 1 spiro atoms. The Morgan fingerprint density at radius 1 is 1.29 bits per heavy atom. The lowest BCUT2D eigenvalue weighted by Crippen LogP contribution is -2.51. The van der Waals surface area contributed by atoms with Crippen LogP contribution in [-0.4, -0.2) is 44.2 Å². The van der Waals surface area contributed by atoms with Crippen molar-refractivity contribution in [3.05, 3.63) is 28.7 Å². The number of nitrogens with zero attached hydrogens (tertiary/aromatic N) is 1. The Bertz CT molecular complexity index is 454. The maximum Gasteiger partial charge on any atom is 0.120 e.